The van der Waals surface area contributed by atoms with Gasteiger partial charge in [0.2, 0.25) is 0 Å². The number of aliphatic imine (C=N–C) groups is 1. The summed E-state index contributed by atoms with van der Waals surface area (Å²) in [5.41, 5.74) is 0.825. The molecule has 1 saturated carbocycles. The lowest BCUT2D eigenvalue weighted by atomic mass is 10.2. The first-order chi connectivity index (χ1) is 11.8. The van der Waals surface area contributed by atoms with Crippen LogP contribution in [0.5, 0.6) is 0 Å². The molecule has 0 unspecified atom stereocenters. The van der Waals surface area contributed by atoms with Crippen molar-refractivity contribution in [1.82, 2.24) is 15.5 Å². The first kappa shape index (κ1) is 19.6. The Morgan fingerprint density at radius 2 is 2.12 bits per heavy atom. The van der Waals surface area contributed by atoms with Gasteiger partial charge in [-0.2, -0.15) is 0 Å². The molecule has 0 bridgehead atoms. The van der Waals surface area contributed by atoms with E-state index in [0.717, 1.165) is 25.3 Å². The van der Waals surface area contributed by atoms with E-state index in [1.807, 2.05) is 25.7 Å². The molecule has 0 atom stereocenters. The van der Waals surface area contributed by atoms with Gasteiger partial charge in [0.1, 0.15) is 5.60 Å². The number of carbonyl (C=O) groups excluding carboxylic acids is 1. The molecule has 6 nitrogen and oxygen atoms in total. The van der Waals surface area contributed by atoms with Crippen LogP contribution in [0.1, 0.15) is 44.1 Å². The lowest BCUT2D eigenvalue weighted by molar-refractivity contribution is 0.0238. The molecule has 25 heavy (non-hydrogen) atoms. The highest BCUT2D eigenvalue weighted by Crippen LogP contribution is 2.28. The number of thiophene rings is 1. The second-order valence-corrected chi connectivity index (χ2v) is 8.28. The lowest BCUT2D eigenvalue weighted by Crippen LogP contribution is -2.45. The first-order valence-electron chi connectivity index (χ1n) is 8.77. The number of aryl methyl sites for hydroxylation is 1. The molecular formula is C18H30N4O2S. The van der Waals surface area contributed by atoms with Crippen LogP contribution >= 0.6 is 11.3 Å². The van der Waals surface area contributed by atoms with Crippen molar-refractivity contribution in [1.29, 1.82) is 0 Å². The van der Waals surface area contributed by atoms with E-state index in [-0.39, 0.29) is 6.09 Å². The Morgan fingerprint density at radius 3 is 2.64 bits per heavy atom. The van der Waals surface area contributed by atoms with Crippen LogP contribution in [0.15, 0.2) is 16.4 Å². The summed E-state index contributed by atoms with van der Waals surface area (Å²) in [6.45, 7) is 9.79. The van der Waals surface area contributed by atoms with Crippen molar-refractivity contribution >= 4 is 23.4 Å². The maximum absolute atomic E-state index is 12.3. The number of hydrogen-bond donors (Lipinski definition) is 2. The molecule has 2 rings (SSSR count). The zero-order valence-electron chi connectivity index (χ0n) is 15.9. The summed E-state index contributed by atoms with van der Waals surface area (Å²) in [6.07, 6.45) is 1.89. The van der Waals surface area contributed by atoms with E-state index in [4.69, 9.17) is 4.74 Å². The summed E-state index contributed by atoms with van der Waals surface area (Å²) in [4.78, 5) is 19.7. The van der Waals surface area contributed by atoms with Crippen molar-refractivity contribution in [3.63, 3.8) is 0 Å². The molecule has 0 saturated heterocycles. The van der Waals surface area contributed by atoms with Gasteiger partial charge in [-0.15, -0.1) is 11.3 Å². The Kier molecular flexibility index (Phi) is 6.70. The minimum atomic E-state index is -0.464. The van der Waals surface area contributed by atoms with Crippen molar-refractivity contribution in [3.8, 4) is 0 Å². The van der Waals surface area contributed by atoms with E-state index < -0.39 is 5.60 Å². The Balaban J connectivity index is 1.78. The highest BCUT2D eigenvalue weighted by atomic mass is 32.1. The lowest BCUT2D eigenvalue weighted by Gasteiger charge is -2.27. The molecule has 7 heteroatoms. The average molecular weight is 367 g/mol. The molecule has 1 amide bonds. The number of hydrogen-bond acceptors (Lipinski definition) is 4. The molecule has 0 aliphatic heterocycles. The van der Waals surface area contributed by atoms with E-state index >= 15 is 0 Å². The molecule has 1 heterocycles. The molecule has 2 N–H and O–H groups in total. The number of rotatable bonds is 6. The molecule has 1 fully saturated rings. The molecule has 1 aromatic heterocycles. The van der Waals surface area contributed by atoms with Crippen LogP contribution in [0, 0.1) is 6.92 Å². The van der Waals surface area contributed by atoms with Crippen molar-refractivity contribution < 1.29 is 9.53 Å². The summed E-state index contributed by atoms with van der Waals surface area (Å²) >= 11 is 1.74. The predicted molar refractivity (Wildman–Crippen MR) is 103 cm³/mol. The van der Waals surface area contributed by atoms with Crippen LogP contribution in [0.4, 0.5) is 4.79 Å². The van der Waals surface area contributed by atoms with Gasteiger partial charge in [-0.25, -0.2) is 4.79 Å². The van der Waals surface area contributed by atoms with Gasteiger partial charge in [0.25, 0.3) is 0 Å². The summed E-state index contributed by atoms with van der Waals surface area (Å²) < 4.78 is 5.51. The largest absolute Gasteiger partial charge is 0.444 e. The number of ether oxygens (including phenoxy) is 1. The average Bonchev–Trinajstić information content (AvgIpc) is 3.27. The fourth-order valence-electron chi connectivity index (χ4n) is 2.39. The molecule has 0 spiro atoms. The SMILES string of the molecule is CN=C(NCCN(C(=O)OC(C)(C)C)C1CC1)NCc1sccc1C. The van der Waals surface area contributed by atoms with Crippen LogP contribution in [0.25, 0.3) is 0 Å². The van der Waals surface area contributed by atoms with Crippen LogP contribution in [-0.4, -0.2) is 48.7 Å². The maximum Gasteiger partial charge on any atom is 0.410 e. The summed E-state index contributed by atoms with van der Waals surface area (Å²) in [7, 11) is 1.75. The van der Waals surface area contributed by atoms with Gasteiger partial charge in [-0.3, -0.25) is 4.99 Å². The zero-order valence-corrected chi connectivity index (χ0v) is 16.7. The second kappa shape index (κ2) is 8.56. The third kappa shape index (κ3) is 6.57. The molecule has 1 aliphatic rings. The normalized spacial score (nSPS) is 15.0. The third-order valence-electron chi connectivity index (χ3n) is 3.87. The topological polar surface area (TPSA) is 66.0 Å². The van der Waals surface area contributed by atoms with E-state index in [2.05, 4.69) is 34.0 Å². The number of amides is 1. The fraction of sp³-hybridized carbons (Fsp3) is 0.667. The number of carbonyl (C=O) groups is 1. The zero-order chi connectivity index (χ0) is 18.4. The molecule has 0 aromatic carbocycles. The Bertz CT molecular complexity index is 602. The number of nitrogens with one attached hydrogen (secondary N) is 2. The van der Waals surface area contributed by atoms with Gasteiger partial charge in [-0.1, -0.05) is 0 Å². The molecule has 1 aliphatic carbocycles. The van der Waals surface area contributed by atoms with Crippen LogP contribution < -0.4 is 10.6 Å². The highest BCUT2D eigenvalue weighted by molar-refractivity contribution is 7.10. The van der Waals surface area contributed by atoms with E-state index in [0.29, 0.717) is 19.1 Å². The van der Waals surface area contributed by atoms with Gasteiger partial charge in [-0.05, 0) is 57.5 Å². The van der Waals surface area contributed by atoms with E-state index in [1.165, 1.54) is 10.4 Å². The fourth-order valence-corrected chi connectivity index (χ4v) is 3.24. The van der Waals surface area contributed by atoms with Crippen molar-refractivity contribution in [3.05, 3.63) is 21.9 Å². The standard InChI is InChI=1S/C18H30N4O2S/c1-13-8-11-25-15(13)12-21-16(19-5)20-9-10-22(14-6-7-14)17(23)24-18(2,3)4/h8,11,14H,6-7,9-10,12H2,1-5H3,(H2,19,20,21). The first-order valence-corrected chi connectivity index (χ1v) is 9.65. The molecule has 140 valence electrons. The summed E-state index contributed by atoms with van der Waals surface area (Å²) in [5.74, 6) is 0.743. The minimum absolute atomic E-state index is 0.228. The number of guanidine groups is 1. The Hall–Kier alpha value is -1.76. The smallest absolute Gasteiger partial charge is 0.410 e. The molecular weight excluding hydrogens is 336 g/mol. The second-order valence-electron chi connectivity index (χ2n) is 7.28. The summed E-state index contributed by atoms with van der Waals surface area (Å²) in [6, 6.07) is 2.44. The van der Waals surface area contributed by atoms with Gasteiger partial charge >= 0.3 is 6.09 Å². The van der Waals surface area contributed by atoms with E-state index in [1.54, 1.807) is 18.4 Å². The minimum Gasteiger partial charge on any atom is -0.444 e. The Labute approximate surface area is 154 Å². The van der Waals surface area contributed by atoms with Gasteiger partial charge < -0.3 is 20.3 Å². The monoisotopic (exact) mass is 366 g/mol. The van der Waals surface area contributed by atoms with Gasteiger partial charge in [0, 0.05) is 31.1 Å². The number of nitrogens with zero attached hydrogens (tertiary/aromatic N) is 2. The molecule has 1 aromatic rings. The molecule has 0 radical (unpaired) electrons. The van der Waals surface area contributed by atoms with Crippen molar-refractivity contribution in [2.75, 3.05) is 20.1 Å². The highest BCUT2D eigenvalue weighted by Gasteiger charge is 2.34. The Morgan fingerprint density at radius 1 is 1.40 bits per heavy atom. The third-order valence-corrected chi connectivity index (χ3v) is 4.89. The van der Waals surface area contributed by atoms with Crippen molar-refractivity contribution in [2.45, 2.75) is 58.7 Å². The summed E-state index contributed by atoms with van der Waals surface area (Å²) in [5, 5.41) is 8.68. The van der Waals surface area contributed by atoms with E-state index in [9.17, 15) is 4.79 Å². The maximum atomic E-state index is 12.3. The van der Waals surface area contributed by atoms with Gasteiger partial charge in [0.05, 0.1) is 6.54 Å². The quantitative estimate of drug-likeness (QED) is 0.600. The predicted octanol–water partition coefficient (Wildman–Crippen LogP) is 3.12. The van der Waals surface area contributed by atoms with Gasteiger partial charge in [0.15, 0.2) is 5.96 Å². The van der Waals surface area contributed by atoms with Crippen LogP contribution in [0.2, 0.25) is 0 Å². The van der Waals surface area contributed by atoms with Crippen LogP contribution in [-0.2, 0) is 11.3 Å². The van der Waals surface area contributed by atoms with Crippen LogP contribution in [0.3, 0.4) is 0 Å². The van der Waals surface area contributed by atoms with Crippen molar-refractivity contribution in [2.24, 2.45) is 4.99 Å².